The lowest BCUT2D eigenvalue weighted by atomic mass is 10.2. The van der Waals surface area contributed by atoms with Gasteiger partial charge in [0.05, 0.1) is 6.54 Å². The molecule has 0 aromatic heterocycles. The van der Waals surface area contributed by atoms with Crippen molar-refractivity contribution in [1.29, 1.82) is 0 Å². The van der Waals surface area contributed by atoms with E-state index in [0.29, 0.717) is 5.56 Å². The van der Waals surface area contributed by atoms with Gasteiger partial charge in [-0.3, -0.25) is 20.2 Å². The maximum atomic E-state index is 13.2. The van der Waals surface area contributed by atoms with E-state index in [1.807, 2.05) is 0 Å². The number of hydrogen-bond acceptors (Lipinski definition) is 3. The number of hydrogen-bond donors (Lipinski definition) is 2. The number of aliphatic imine (C=N–C) groups is 1. The first-order valence-electron chi connectivity index (χ1n) is 4.57. The summed E-state index contributed by atoms with van der Waals surface area (Å²) in [7, 11) is 0. The Morgan fingerprint density at radius 1 is 1.12 bits per heavy atom. The second-order valence-electron chi connectivity index (χ2n) is 3.16. The van der Waals surface area contributed by atoms with Gasteiger partial charge in [0.25, 0.3) is 0 Å². The van der Waals surface area contributed by atoms with Crippen LogP contribution in [0.2, 0.25) is 0 Å². The number of amides is 2. The molecule has 1 heterocycles. The van der Waals surface area contributed by atoms with Crippen LogP contribution in [-0.2, 0) is 16.1 Å². The van der Waals surface area contributed by atoms with Crippen LogP contribution in [0.25, 0.3) is 0 Å². The Kier molecular flexibility index (Phi) is 2.63. The van der Waals surface area contributed by atoms with Gasteiger partial charge in [0, 0.05) is 5.56 Å². The molecule has 0 aliphatic carbocycles. The number of guanidine groups is 1. The molecular formula is C10H8FN3O2. The van der Waals surface area contributed by atoms with Crippen molar-refractivity contribution in [2.45, 2.75) is 6.54 Å². The number of carbonyl (C=O) groups is 2. The largest absolute Gasteiger partial charge is 0.316 e. The van der Waals surface area contributed by atoms with E-state index in [2.05, 4.69) is 15.6 Å². The molecule has 5 nitrogen and oxygen atoms in total. The van der Waals surface area contributed by atoms with Crippen LogP contribution >= 0.6 is 0 Å². The van der Waals surface area contributed by atoms with E-state index in [1.165, 1.54) is 6.07 Å². The van der Waals surface area contributed by atoms with Crippen LogP contribution in [0.1, 0.15) is 5.56 Å². The van der Waals surface area contributed by atoms with Gasteiger partial charge in [0.1, 0.15) is 5.82 Å². The van der Waals surface area contributed by atoms with Crippen LogP contribution in [0.4, 0.5) is 4.39 Å². The van der Waals surface area contributed by atoms with Gasteiger partial charge < -0.3 is 0 Å². The van der Waals surface area contributed by atoms with Crippen molar-refractivity contribution in [3.8, 4) is 0 Å². The molecule has 1 saturated heterocycles. The van der Waals surface area contributed by atoms with Crippen LogP contribution in [-0.4, -0.2) is 17.8 Å². The third-order valence-electron chi connectivity index (χ3n) is 2.04. The van der Waals surface area contributed by atoms with E-state index in [1.54, 1.807) is 18.2 Å². The summed E-state index contributed by atoms with van der Waals surface area (Å²) in [6.07, 6.45) is 0. The molecule has 1 aliphatic rings. The monoisotopic (exact) mass is 221 g/mol. The topological polar surface area (TPSA) is 70.6 Å². The van der Waals surface area contributed by atoms with Crippen molar-refractivity contribution in [1.82, 2.24) is 10.6 Å². The van der Waals surface area contributed by atoms with Crippen molar-refractivity contribution in [2.75, 3.05) is 0 Å². The summed E-state index contributed by atoms with van der Waals surface area (Å²) in [5.74, 6) is -1.83. The Hall–Kier alpha value is -2.24. The lowest BCUT2D eigenvalue weighted by Gasteiger charge is -1.99. The van der Waals surface area contributed by atoms with Crippen LogP contribution in [0.15, 0.2) is 29.3 Å². The Bertz CT molecular complexity index is 467. The van der Waals surface area contributed by atoms with E-state index in [-0.39, 0.29) is 18.3 Å². The van der Waals surface area contributed by atoms with Gasteiger partial charge in [-0.1, -0.05) is 18.2 Å². The third kappa shape index (κ3) is 2.05. The molecule has 2 N–H and O–H groups in total. The van der Waals surface area contributed by atoms with Gasteiger partial charge in [-0.2, -0.15) is 0 Å². The van der Waals surface area contributed by atoms with Crippen LogP contribution in [0.5, 0.6) is 0 Å². The molecule has 82 valence electrons. The molecule has 6 heteroatoms. The van der Waals surface area contributed by atoms with Gasteiger partial charge in [-0.05, 0) is 6.07 Å². The molecule has 0 spiro atoms. The van der Waals surface area contributed by atoms with E-state index in [9.17, 15) is 14.0 Å². The quantitative estimate of drug-likeness (QED) is 0.686. The first-order valence-corrected chi connectivity index (χ1v) is 4.57. The van der Waals surface area contributed by atoms with Gasteiger partial charge in [-0.25, -0.2) is 9.38 Å². The van der Waals surface area contributed by atoms with Gasteiger partial charge in [0.2, 0.25) is 5.96 Å². The molecule has 2 amide bonds. The van der Waals surface area contributed by atoms with Crippen LogP contribution in [0.3, 0.4) is 0 Å². The Morgan fingerprint density at radius 2 is 1.75 bits per heavy atom. The molecule has 0 saturated carbocycles. The fourth-order valence-electron chi connectivity index (χ4n) is 1.23. The average molecular weight is 221 g/mol. The zero-order valence-electron chi connectivity index (χ0n) is 8.16. The summed E-state index contributed by atoms with van der Waals surface area (Å²) in [6, 6.07) is 6.16. The summed E-state index contributed by atoms with van der Waals surface area (Å²) in [6.45, 7) is 0.0581. The minimum atomic E-state index is -0.757. The fraction of sp³-hybridized carbons (Fsp3) is 0.100. The SMILES string of the molecule is O=C1NC(=NCc2ccccc2F)NC1=O. The Balaban J connectivity index is 2.08. The second-order valence-corrected chi connectivity index (χ2v) is 3.16. The van der Waals surface area contributed by atoms with E-state index < -0.39 is 11.8 Å². The number of nitrogens with one attached hydrogen (secondary N) is 2. The Morgan fingerprint density at radius 3 is 2.38 bits per heavy atom. The van der Waals surface area contributed by atoms with Crippen molar-refractivity contribution in [2.24, 2.45) is 4.99 Å². The summed E-state index contributed by atoms with van der Waals surface area (Å²) in [4.78, 5) is 25.4. The molecular weight excluding hydrogens is 213 g/mol. The first kappa shape index (κ1) is 10.3. The predicted molar refractivity (Wildman–Crippen MR) is 53.8 cm³/mol. The van der Waals surface area contributed by atoms with E-state index in [4.69, 9.17) is 0 Å². The lowest BCUT2D eigenvalue weighted by molar-refractivity contribution is -0.135. The standard InChI is InChI=1S/C10H8FN3O2/c11-7-4-2-1-3-6(7)5-12-10-13-8(15)9(16)14-10/h1-4H,5H2,(H2,12,13,14,15,16). The number of rotatable bonds is 2. The minimum absolute atomic E-state index is 0.0539. The molecule has 2 rings (SSSR count). The zero-order chi connectivity index (χ0) is 11.5. The highest BCUT2D eigenvalue weighted by molar-refractivity contribution is 6.45. The average Bonchev–Trinajstić information content (AvgIpc) is 2.57. The number of carbonyl (C=O) groups excluding carboxylic acids is 2. The molecule has 1 fully saturated rings. The number of nitrogens with zero attached hydrogens (tertiary/aromatic N) is 1. The fourth-order valence-corrected chi connectivity index (χ4v) is 1.23. The van der Waals surface area contributed by atoms with Crippen LogP contribution < -0.4 is 10.6 Å². The van der Waals surface area contributed by atoms with Gasteiger partial charge in [-0.15, -0.1) is 0 Å². The Labute approximate surface area is 90.4 Å². The zero-order valence-corrected chi connectivity index (χ0v) is 8.16. The van der Waals surface area contributed by atoms with Crippen LogP contribution in [0, 0.1) is 5.82 Å². The molecule has 0 atom stereocenters. The molecule has 0 unspecified atom stereocenters. The van der Waals surface area contributed by atoms with E-state index in [0.717, 1.165) is 0 Å². The summed E-state index contributed by atoms with van der Waals surface area (Å²) < 4.78 is 13.2. The van der Waals surface area contributed by atoms with Crippen molar-refractivity contribution in [3.05, 3.63) is 35.6 Å². The maximum absolute atomic E-state index is 13.2. The highest BCUT2D eigenvalue weighted by Crippen LogP contribution is 2.07. The van der Waals surface area contributed by atoms with Gasteiger partial charge >= 0.3 is 11.8 Å². The summed E-state index contributed by atoms with van der Waals surface area (Å²) >= 11 is 0. The molecule has 1 aliphatic heterocycles. The molecule has 1 aromatic rings. The smallest absolute Gasteiger partial charge is 0.288 e. The predicted octanol–water partition coefficient (Wildman–Crippen LogP) is -0.0723. The summed E-state index contributed by atoms with van der Waals surface area (Å²) in [5.41, 5.74) is 0.394. The molecule has 16 heavy (non-hydrogen) atoms. The normalized spacial score (nSPS) is 14.7. The minimum Gasteiger partial charge on any atom is -0.288 e. The highest BCUT2D eigenvalue weighted by Gasteiger charge is 2.24. The van der Waals surface area contributed by atoms with Crippen molar-refractivity contribution < 1.29 is 14.0 Å². The molecule has 1 aromatic carbocycles. The highest BCUT2D eigenvalue weighted by atomic mass is 19.1. The van der Waals surface area contributed by atoms with E-state index >= 15 is 0 Å². The number of halogens is 1. The third-order valence-corrected chi connectivity index (χ3v) is 2.04. The lowest BCUT2D eigenvalue weighted by Crippen LogP contribution is -2.25. The first-order chi connectivity index (χ1) is 7.66. The molecule has 0 bridgehead atoms. The maximum Gasteiger partial charge on any atom is 0.316 e. The summed E-state index contributed by atoms with van der Waals surface area (Å²) in [5, 5.41) is 4.44. The second kappa shape index (κ2) is 4.09. The number of benzene rings is 1. The van der Waals surface area contributed by atoms with Crippen molar-refractivity contribution in [3.63, 3.8) is 0 Å². The van der Waals surface area contributed by atoms with Crippen molar-refractivity contribution >= 4 is 17.8 Å². The van der Waals surface area contributed by atoms with Gasteiger partial charge in [0.15, 0.2) is 0 Å². The molecule has 0 radical (unpaired) electrons.